The number of nitrogens with zero attached hydrogens (tertiary/aromatic N) is 3. The van der Waals surface area contributed by atoms with Gasteiger partial charge in [0.1, 0.15) is 5.82 Å². The Balaban J connectivity index is 2.26. The molecule has 0 bridgehead atoms. The van der Waals surface area contributed by atoms with Crippen molar-refractivity contribution in [3.63, 3.8) is 0 Å². The Morgan fingerprint density at radius 2 is 2.07 bits per heavy atom. The van der Waals surface area contributed by atoms with Gasteiger partial charge in [0.05, 0.1) is 49.5 Å². The first-order valence-electron chi connectivity index (χ1n) is 8.30. The van der Waals surface area contributed by atoms with Gasteiger partial charge in [-0.2, -0.15) is 10.4 Å². The number of carbonyl (C=O) groups is 3. The van der Waals surface area contributed by atoms with Gasteiger partial charge in [-0.3, -0.25) is 9.59 Å². The fourth-order valence-electron chi connectivity index (χ4n) is 2.84. The Morgan fingerprint density at radius 1 is 1.37 bits per heavy atom. The highest BCUT2D eigenvalue weighted by molar-refractivity contribution is 6.02. The summed E-state index contributed by atoms with van der Waals surface area (Å²) in [6, 6.07) is 3.72. The van der Waals surface area contributed by atoms with Crippen LogP contribution in [0.15, 0.2) is 6.07 Å². The molecule has 0 saturated carbocycles. The molecule has 2 aromatic heterocycles. The van der Waals surface area contributed by atoms with Crippen molar-refractivity contribution in [2.45, 2.75) is 40.2 Å². The third kappa shape index (κ3) is 4.41. The van der Waals surface area contributed by atoms with Gasteiger partial charge in [0, 0.05) is 18.7 Å². The molecular formula is C18H21N5O4. The van der Waals surface area contributed by atoms with E-state index in [1.165, 1.54) is 14.0 Å². The first kappa shape index (κ1) is 19.9. The van der Waals surface area contributed by atoms with E-state index < -0.39 is 11.9 Å². The number of aromatic nitrogens is 3. The smallest absolute Gasteiger partial charge is 0.339 e. The van der Waals surface area contributed by atoms with Crippen LogP contribution in [0, 0.1) is 25.2 Å². The van der Waals surface area contributed by atoms with Gasteiger partial charge in [-0.25, -0.2) is 9.48 Å². The summed E-state index contributed by atoms with van der Waals surface area (Å²) in [7, 11) is 1.24. The molecule has 0 aliphatic carbocycles. The summed E-state index contributed by atoms with van der Waals surface area (Å²) in [5, 5.41) is 15.7. The van der Waals surface area contributed by atoms with Gasteiger partial charge in [-0.15, -0.1) is 0 Å². The molecule has 0 spiro atoms. The fraction of sp³-hybridized carbons (Fsp3) is 0.389. The zero-order valence-corrected chi connectivity index (χ0v) is 15.7. The number of methoxy groups -OCH3 is 1. The van der Waals surface area contributed by atoms with E-state index in [2.05, 4.69) is 15.4 Å². The predicted molar refractivity (Wildman–Crippen MR) is 96.4 cm³/mol. The van der Waals surface area contributed by atoms with E-state index in [0.717, 1.165) is 0 Å². The molecule has 0 fully saturated rings. The van der Waals surface area contributed by atoms with E-state index in [1.54, 1.807) is 24.6 Å². The second kappa shape index (κ2) is 8.31. The molecule has 2 rings (SSSR count). The number of ether oxygens (including phenoxy) is 1. The topological polar surface area (TPSA) is 130 Å². The highest BCUT2D eigenvalue weighted by atomic mass is 16.5. The molecule has 2 N–H and O–H groups in total. The van der Waals surface area contributed by atoms with Crippen LogP contribution < -0.4 is 5.32 Å². The van der Waals surface area contributed by atoms with Crippen molar-refractivity contribution < 1.29 is 19.1 Å². The summed E-state index contributed by atoms with van der Waals surface area (Å²) in [5.74, 6) is -0.791. The van der Waals surface area contributed by atoms with Gasteiger partial charge in [-0.1, -0.05) is 0 Å². The van der Waals surface area contributed by atoms with Crippen LogP contribution in [0.3, 0.4) is 0 Å². The van der Waals surface area contributed by atoms with Crippen molar-refractivity contribution in [3.05, 3.63) is 34.3 Å². The molecule has 0 saturated heterocycles. The number of H-pyrrole nitrogens is 1. The van der Waals surface area contributed by atoms with Crippen LogP contribution in [-0.2, 0) is 22.5 Å². The summed E-state index contributed by atoms with van der Waals surface area (Å²) in [5.41, 5.74) is 1.92. The van der Waals surface area contributed by atoms with Gasteiger partial charge >= 0.3 is 5.97 Å². The molecule has 1 amide bonds. The number of nitriles is 1. The van der Waals surface area contributed by atoms with Crippen LogP contribution in [0.4, 0.5) is 5.82 Å². The summed E-state index contributed by atoms with van der Waals surface area (Å²) in [4.78, 5) is 39.2. The number of rotatable bonds is 7. The number of hydrogen-bond acceptors (Lipinski definition) is 6. The molecule has 0 aliphatic heterocycles. The summed E-state index contributed by atoms with van der Waals surface area (Å²) >= 11 is 0. The Hall–Kier alpha value is -3.41. The molecular weight excluding hydrogens is 350 g/mol. The highest BCUT2D eigenvalue weighted by Crippen LogP contribution is 2.21. The van der Waals surface area contributed by atoms with Gasteiger partial charge in [-0.05, 0) is 19.4 Å². The van der Waals surface area contributed by atoms with Gasteiger partial charge < -0.3 is 15.0 Å². The van der Waals surface area contributed by atoms with Crippen LogP contribution >= 0.6 is 0 Å². The monoisotopic (exact) mass is 371 g/mol. The number of carbonyl (C=O) groups excluding carboxylic acids is 3. The third-order valence-corrected chi connectivity index (χ3v) is 4.01. The second-order valence-electron chi connectivity index (χ2n) is 6.05. The first-order chi connectivity index (χ1) is 12.8. The number of aromatic amines is 1. The number of nitrogens with one attached hydrogen (secondary N) is 2. The van der Waals surface area contributed by atoms with Crippen molar-refractivity contribution in [1.29, 1.82) is 5.26 Å². The van der Waals surface area contributed by atoms with E-state index in [-0.39, 0.29) is 29.9 Å². The molecule has 9 nitrogen and oxygen atoms in total. The Bertz CT molecular complexity index is 932. The van der Waals surface area contributed by atoms with E-state index >= 15 is 0 Å². The van der Waals surface area contributed by atoms with Crippen LogP contribution in [0.1, 0.15) is 51.1 Å². The van der Waals surface area contributed by atoms with Gasteiger partial charge in [0.2, 0.25) is 5.91 Å². The normalized spacial score (nSPS) is 10.3. The maximum absolute atomic E-state index is 12.5. The molecule has 0 unspecified atom stereocenters. The van der Waals surface area contributed by atoms with E-state index in [4.69, 9.17) is 10.00 Å². The first-order valence-corrected chi connectivity index (χ1v) is 8.30. The summed E-state index contributed by atoms with van der Waals surface area (Å²) in [6.07, 6.45) is 0.106. The molecule has 2 heterocycles. The van der Waals surface area contributed by atoms with Crippen molar-refractivity contribution in [2.24, 2.45) is 0 Å². The highest BCUT2D eigenvalue weighted by Gasteiger charge is 2.24. The molecule has 27 heavy (non-hydrogen) atoms. The minimum atomic E-state index is -0.617. The number of ketones is 1. The van der Waals surface area contributed by atoms with E-state index in [1.807, 2.05) is 6.07 Å². The number of amides is 1. The largest absolute Gasteiger partial charge is 0.465 e. The van der Waals surface area contributed by atoms with Crippen molar-refractivity contribution >= 4 is 23.5 Å². The zero-order chi connectivity index (χ0) is 20.1. The zero-order valence-electron chi connectivity index (χ0n) is 15.7. The molecule has 0 aliphatic rings. The average Bonchev–Trinajstić information content (AvgIpc) is 3.11. The minimum Gasteiger partial charge on any atom is -0.465 e. The maximum atomic E-state index is 12.5. The van der Waals surface area contributed by atoms with Gasteiger partial charge in [0.15, 0.2) is 5.78 Å². The number of Topliss-reactive ketones (excluding diaryl/α,β-unsaturated/α-hetero) is 1. The lowest BCUT2D eigenvalue weighted by molar-refractivity contribution is -0.115. The summed E-state index contributed by atoms with van der Waals surface area (Å²) in [6.45, 7) is 5.13. The van der Waals surface area contributed by atoms with Crippen molar-refractivity contribution in [2.75, 3.05) is 12.4 Å². The second-order valence-corrected chi connectivity index (χ2v) is 6.05. The number of esters is 1. The Morgan fingerprint density at radius 3 is 2.67 bits per heavy atom. The molecule has 0 aromatic carbocycles. The van der Waals surface area contributed by atoms with Crippen molar-refractivity contribution in [1.82, 2.24) is 14.8 Å². The average molecular weight is 371 g/mol. The van der Waals surface area contributed by atoms with Crippen molar-refractivity contribution in [3.8, 4) is 6.07 Å². The van der Waals surface area contributed by atoms with E-state index in [0.29, 0.717) is 29.3 Å². The van der Waals surface area contributed by atoms with Gasteiger partial charge in [0.25, 0.3) is 0 Å². The lowest BCUT2D eigenvalue weighted by Crippen LogP contribution is -2.19. The number of hydrogen-bond donors (Lipinski definition) is 2. The molecule has 9 heteroatoms. The standard InChI is InChI=1S/C18H21N5O4/c1-10-8-14(23(22-10)7-5-6-19)21-15(25)9-13-16(18(26)27-4)11(2)17(20-13)12(3)24/h8,20H,5,7,9H2,1-4H3,(H,21,25). The SMILES string of the molecule is COC(=O)c1c(CC(=O)Nc2cc(C)nn2CCC#N)[nH]c(C(C)=O)c1C. The Labute approximate surface area is 156 Å². The lowest BCUT2D eigenvalue weighted by atomic mass is 10.1. The molecule has 0 radical (unpaired) electrons. The quantitative estimate of drug-likeness (QED) is 0.565. The predicted octanol–water partition coefficient (Wildman–Crippen LogP) is 1.91. The van der Waals surface area contributed by atoms with Crippen LogP contribution in [0.2, 0.25) is 0 Å². The number of anilines is 1. The third-order valence-electron chi connectivity index (χ3n) is 4.01. The molecule has 0 atom stereocenters. The molecule has 142 valence electrons. The summed E-state index contributed by atoms with van der Waals surface area (Å²) < 4.78 is 6.31. The fourth-order valence-corrected chi connectivity index (χ4v) is 2.84. The van der Waals surface area contributed by atoms with E-state index in [9.17, 15) is 14.4 Å². The van der Waals surface area contributed by atoms with Crippen LogP contribution in [-0.4, -0.2) is 39.5 Å². The number of aryl methyl sites for hydroxylation is 2. The molecule has 2 aromatic rings. The van der Waals surface area contributed by atoms with Crippen LogP contribution in [0.5, 0.6) is 0 Å². The lowest BCUT2D eigenvalue weighted by Gasteiger charge is -2.08. The minimum absolute atomic E-state index is 0.152. The maximum Gasteiger partial charge on any atom is 0.339 e. The Kier molecular flexibility index (Phi) is 6.13. The van der Waals surface area contributed by atoms with Crippen LogP contribution in [0.25, 0.3) is 0 Å².